The standard InChI is InChI=1S/C14H17F2NO2/c15-14(16)12-3-1-2-11(6-12)8-17(9-13(18)19)7-10-4-5-10/h1-3,6,10,14H,4-5,7-9H2,(H,18,19). The Morgan fingerprint density at radius 1 is 1.42 bits per heavy atom. The van der Waals surface area contributed by atoms with Crippen LogP contribution in [-0.2, 0) is 11.3 Å². The molecule has 0 aliphatic heterocycles. The number of carbonyl (C=O) groups is 1. The van der Waals surface area contributed by atoms with Gasteiger partial charge in [-0.3, -0.25) is 9.69 Å². The van der Waals surface area contributed by atoms with Gasteiger partial charge in [-0.05, 0) is 30.4 Å². The maximum Gasteiger partial charge on any atom is 0.317 e. The van der Waals surface area contributed by atoms with Gasteiger partial charge in [0.1, 0.15) is 0 Å². The summed E-state index contributed by atoms with van der Waals surface area (Å²) in [6.07, 6.45) is -0.225. The average Bonchev–Trinajstić information content (AvgIpc) is 3.12. The van der Waals surface area contributed by atoms with Crippen molar-refractivity contribution in [3.63, 3.8) is 0 Å². The summed E-state index contributed by atoms with van der Waals surface area (Å²) in [6.45, 7) is 1.09. The molecule has 0 radical (unpaired) electrons. The van der Waals surface area contributed by atoms with Crippen LogP contribution in [0.25, 0.3) is 0 Å². The molecule has 0 bridgehead atoms. The summed E-state index contributed by atoms with van der Waals surface area (Å²) in [5, 5.41) is 8.88. The van der Waals surface area contributed by atoms with Gasteiger partial charge in [-0.25, -0.2) is 8.78 Å². The molecule has 1 aliphatic carbocycles. The normalized spacial score (nSPS) is 15.2. The lowest BCUT2D eigenvalue weighted by molar-refractivity contribution is -0.138. The molecule has 0 atom stereocenters. The van der Waals surface area contributed by atoms with Gasteiger partial charge in [-0.15, -0.1) is 0 Å². The van der Waals surface area contributed by atoms with Gasteiger partial charge in [0.05, 0.1) is 6.54 Å². The number of carboxylic acids is 1. The zero-order valence-corrected chi connectivity index (χ0v) is 10.6. The molecule has 0 amide bonds. The Kier molecular flexibility index (Phi) is 4.47. The van der Waals surface area contributed by atoms with E-state index in [0.29, 0.717) is 12.5 Å². The van der Waals surface area contributed by atoms with Crippen LogP contribution in [0.2, 0.25) is 0 Å². The Hall–Kier alpha value is -1.49. The lowest BCUT2D eigenvalue weighted by atomic mass is 10.1. The number of rotatable bonds is 7. The predicted octanol–water partition coefficient (Wildman–Crippen LogP) is 2.92. The maximum atomic E-state index is 12.6. The third kappa shape index (κ3) is 4.59. The smallest absolute Gasteiger partial charge is 0.317 e. The predicted molar refractivity (Wildman–Crippen MR) is 67.0 cm³/mol. The van der Waals surface area contributed by atoms with Crippen molar-refractivity contribution in [3.8, 4) is 0 Å². The molecule has 19 heavy (non-hydrogen) atoms. The van der Waals surface area contributed by atoms with Crippen LogP contribution in [0, 0.1) is 5.92 Å². The molecule has 2 rings (SSSR count). The van der Waals surface area contributed by atoms with Crippen LogP contribution < -0.4 is 0 Å². The Morgan fingerprint density at radius 3 is 2.74 bits per heavy atom. The zero-order valence-electron chi connectivity index (χ0n) is 10.6. The van der Waals surface area contributed by atoms with E-state index in [1.807, 2.05) is 4.90 Å². The molecule has 1 fully saturated rings. The molecular weight excluding hydrogens is 252 g/mol. The van der Waals surface area contributed by atoms with E-state index in [1.54, 1.807) is 12.1 Å². The first kappa shape index (κ1) is 13.9. The number of halogens is 2. The molecular formula is C14H17F2NO2. The van der Waals surface area contributed by atoms with E-state index in [9.17, 15) is 13.6 Å². The summed E-state index contributed by atoms with van der Waals surface area (Å²) >= 11 is 0. The van der Waals surface area contributed by atoms with Crippen molar-refractivity contribution in [1.82, 2.24) is 4.90 Å². The monoisotopic (exact) mass is 269 g/mol. The Morgan fingerprint density at radius 2 is 2.16 bits per heavy atom. The van der Waals surface area contributed by atoms with Crippen LogP contribution in [-0.4, -0.2) is 29.1 Å². The molecule has 1 aromatic carbocycles. The second-order valence-electron chi connectivity index (χ2n) is 5.05. The van der Waals surface area contributed by atoms with Crippen molar-refractivity contribution in [2.75, 3.05) is 13.1 Å². The molecule has 0 saturated heterocycles. The van der Waals surface area contributed by atoms with Gasteiger partial charge < -0.3 is 5.11 Å². The minimum absolute atomic E-state index is 0.0146. The van der Waals surface area contributed by atoms with Crippen LogP contribution in [0.5, 0.6) is 0 Å². The lowest BCUT2D eigenvalue weighted by Crippen LogP contribution is -2.31. The largest absolute Gasteiger partial charge is 0.480 e. The molecule has 0 aromatic heterocycles. The van der Waals surface area contributed by atoms with E-state index in [2.05, 4.69) is 0 Å². The number of benzene rings is 1. The third-order valence-corrected chi connectivity index (χ3v) is 3.18. The molecule has 3 nitrogen and oxygen atoms in total. The molecule has 1 aliphatic rings. The summed E-state index contributed by atoms with van der Waals surface area (Å²) in [4.78, 5) is 12.6. The fraction of sp³-hybridized carbons (Fsp3) is 0.500. The van der Waals surface area contributed by atoms with E-state index < -0.39 is 12.4 Å². The summed E-state index contributed by atoms with van der Waals surface area (Å²) in [7, 11) is 0. The van der Waals surface area contributed by atoms with E-state index in [4.69, 9.17) is 5.11 Å². The van der Waals surface area contributed by atoms with E-state index in [-0.39, 0.29) is 12.1 Å². The SMILES string of the molecule is O=C(O)CN(Cc1cccc(C(F)F)c1)CC1CC1. The highest BCUT2D eigenvalue weighted by Gasteiger charge is 2.25. The van der Waals surface area contributed by atoms with Crippen molar-refractivity contribution in [2.45, 2.75) is 25.8 Å². The van der Waals surface area contributed by atoms with Gasteiger partial charge in [0.25, 0.3) is 6.43 Å². The Labute approximate surface area is 110 Å². The minimum atomic E-state index is -2.49. The number of aliphatic carboxylic acids is 1. The van der Waals surface area contributed by atoms with Crippen molar-refractivity contribution in [2.24, 2.45) is 5.92 Å². The van der Waals surface area contributed by atoms with E-state index >= 15 is 0 Å². The first-order chi connectivity index (χ1) is 9.04. The fourth-order valence-corrected chi connectivity index (χ4v) is 2.13. The van der Waals surface area contributed by atoms with E-state index in [1.165, 1.54) is 12.1 Å². The number of carboxylic acid groups (broad SMARTS) is 1. The Balaban J connectivity index is 2.02. The summed E-state index contributed by atoms with van der Waals surface area (Å²) in [5.74, 6) is -0.316. The highest BCUT2D eigenvalue weighted by molar-refractivity contribution is 5.69. The van der Waals surface area contributed by atoms with Crippen LogP contribution >= 0.6 is 0 Å². The highest BCUT2D eigenvalue weighted by atomic mass is 19.3. The molecule has 5 heteroatoms. The molecule has 0 heterocycles. The van der Waals surface area contributed by atoms with Crippen LogP contribution in [0.1, 0.15) is 30.4 Å². The molecule has 0 spiro atoms. The second-order valence-corrected chi connectivity index (χ2v) is 5.05. The molecule has 1 saturated carbocycles. The average molecular weight is 269 g/mol. The maximum absolute atomic E-state index is 12.6. The molecule has 0 unspecified atom stereocenters. The molecule has 104 valence electrons. The van der Waals surface area contributed by atoms with Gasteiger partial charge in [-0.1, -0.05) is 18.2 Å². The molecule has 1 aromatic rings. The quantitative estimate of drug-likeness (QED) is 0.827. The van der Waals surface area contributed by atoms with Crippen LogP contribution in [0.4, 0.5) is 8.78 Å². The number of nitrogens with zero attached hydrogens (tertiary/aromatic N) is 1. The van der Waals surface area contributed by atoms with Gasteiger partial charge in [0.2, 0.25) is 0 Å². The van der Waals surface area contributed by atoms with Crippen LogP contribution in [0.3, 0.4) is 0 Å². The minimum Gasteiger partial charge on any atom is -0.480 e. The number of hydrogen-bond donors (Lipinski definition) is 1. The van der Waals surface area contributed by atoms with Crippen molar-refractivity contribution in [1.29, 1.82) is 0 Å². The second kappa shape index (κ2) is 6.10. The van der Waals surface area contributed by atoms with Gasteiger partial charge in [-0.2, -0.15) is 0 Å². The first-order valence-corrected chi connectivity index (χ1v) is 6.35. The summed E-state index contributed by atoms with van der Waals surface area (Å²) < 4.78 is 25.2. The van der Waals surface area contributed by atoms with E-state index in [0.717, 1.165) is 24.9 Å². The zero-order chi connectivity index (χ0) is 13.8. The Bertz CT molecular complexity index is 447. The van der Waals surface area contributed by atoms with Gasteiger partial charge in [0, 0.05) is 18.7 Å². The summed E-state index contributed by atoms with van der Waals surface area (Å²) in [6, 6.07) is 6.18. The van der Waals surface area contributed by atoms with Gasteiger partial charge >= 0.3 is 5.97 Å². The third-order valence-electron chi connectivity index (χ3n) is 3.18. The van der Waals surface area contributed by atoms with Crippen LogP contribution in [0.15, 0.2) is 24.3 Å². The van der Waals surface area contributed by atoms with Crippen molar-refractivity contribution in [3.05, 3.63) is 35.4 Å². The van der Waals surface area contributed by atoms with Gasteiger partial charge in [0.15, 0.2) is 0 Å². The molecule has 1 N–H and O–H groups in total. The topological polar surface area (TPSA) is 40.5 Å². The fourth-order valence-electron chi connectivity index (χ4n) is 2.13. The highest BCUT2D eigenvalue weighted by Crippen LogP contribution is 2.30. The summed E-state index contributed by atoms with van der Waals surface area (Å²) in [5.41, 5.74) is 0.721. The number of alkyl halides is 2. The van der Waals surface area contributed by atoms with Crippen molar-refractivity contribution < 1.29 is 18.7 Å². The number of hydrogen-bond acceptors (Lipinski definition) is 2. The van der Waals surface area contributed by atoms with Crippen molar-refractivity contribution >= 4 is 5.97 Å². The lowest BCUT2D eigenvalue weighted by Gasteiger charge is -2.20. The first-order valence-electron chi connectivity index (χ1n) is 6.35.